The largest absolute Gasteiger partial charge is 0.354 e. The summed E-state index contributed by atoms with van der Waals surface area (Å²) in [5.41, 5.74) is -2.53. The summed E-state index contributed by atoms with van der Waals surface area (Å²) in [6.07, 6.45) is 0.707. The van der Waals surface area contributed by atoms with Crippen LogP contribution in [0, 0.1) is 50.2 Å². The van der Waals surface area contributed by atoms with Gasteiger partial charge in [0.15, 0.2) is 5.82 Å². The van der Waals surface area contributed by atoms with Crippen molar-refractivity contribution in [2.75, 3.05) is 5.32 Å². The van der Waals surface area contributed by atoms with Crippen molar-refractivity contribution in [3.05, 3.63) is 45.4 Å². The monoisotopic (exact) mass is 268 g/mol. The zero-order chi connectivity index (χ0) is 14.6. The zero-order valence-electron chi connectivity index (χ0n) is 8.95. The lowest BCUT2D eigenvalue weighted by molar-refractivity contribution is -0.386. The van der Waals surface area contributed by atoms with Crippen LogP contribution in [0.5, 0.6) is 0 Å². The molecule has 1 rings (SSSR count). The molecule has 0 saturated carbocycles. The van der Waals surface area contributed by atoms with E-state index in [0.717, 1.165) is 0 Å². The number of hydrogen-bond donors (Lipinski definition) is 1. The quantitative estimate of drug-likeness (QED) is 0.392. The van der Waals surface area contributed by atoms with Crippen LogP contribution in [0.1, 0.15) is 0 Å². The van der Waals surface area contributed by atoms with E-state index in [1.165, 1.54) is 12.1 Å². The fourth-order valence-corrected chi connectivity index (χ4v) is 1.11. The Labute approximate surface area is 104 Å². The topological polar surface area (TPSA) is 103 Å². The first-order valence-corrected chi connectivity index (χ1v) is 4.51. The summed E-state index contributed by atoms with van der Waals surface area (Å²) in [7, 11) is 0. The third-order valence-electron chi connectivity index (χ3n) is 1.93. The molecule has 0 saturated heterocycles. The Kier molecular flexibility index (Phi) is 4.06. The van der Waals surface area contributed by atoms with E-state index >= 15 is 0 Å². The minimum absolute atomic E-state index is 0.347. The van der Waals surface area contributed by atoms with Gasteiger partial charge in [-0.2, -0.15) is 14.9 Å². The van der Waals surface area contributed by atoms with E-state index in [1.807, 2.05) is 5.32 Å². The van der Waals surface area contributed by atoms with Crippen LogP contribution >= 0.6 is 0 Å². The van der Waals surface area contributed by atoms with Gasteiger partial charge in [-0.3, -0.25) is 10.1 Å². The molecule has 0 bridgehead atoms. The number of nitrogens with one attached hydrogen (secondary N) is 1. The van der Waals surface area contributed by atoms with Gasteiger partial charge in [-0.05, 0) is 0 Å². The van der Waals surface area contributed by atoms with Gasteiger partial charge in [0, 0.05) is 12.3 Å². The lowest BCUT2D eigenvalue weighted by atomic mass is 10.2. The summed E-state index contributed by atoms with van der Waals surface area (Å²) in [6.45, 7) is 0. The molecular formula is C10H3F3N4O2. The van der Waals surface area contributed by atoms with Crippen LogP contribution in [0.3, 0.4) is 0 Å². The third kappa shape index (κ3) is 2.79. The predicted octanol–water partition coefficient (Wildman–Crippen LogP) is 2.36. The molecule has 96 valence electrons. The lowest BCUT2D eigenvalue weighted by Gasteiger charge is -2.04. The highest BCUT2D eigenvalue weighted by atomic mass is 19.2. The molecule has 0 atom stereocenters. The summed E-state index contributed by atoms with van der Waals surface area (Å²) in [5, 5.41) is 29.4. The average Bonchev–Trinajstić information content (AvgIpc) is 2.36. The van der Waals surface area contributed by atoms with Crippen molar-refractivity contribution in [3.8, 4) is 12.1 Å². The minimum Gasteiger partial charge on any atom is -0.354 e. The molecule has 19 heavy (non-hydrogen) atoms. The van der Waals surface area contributed by atoms with Crippen molar-refractivity contribution < 1.29 is 18.1 Å². The first-order valence-electron chi connectivity index (χ1n) is 4.51. The number of anilines is 1. The van der Waals surface area contributed by atoms with Crippen molar-refractivity contribution in [1.82, 2.24) is 0 Å². The van der Waals surface area contributed by atoms with Gasteiger partial charge < -0.3 is 5.32 Å². The van der Waals surface area contributed by atoms with Crippen molar-refractivity contribution in [2.45, 2.75) is 0 Å². The van der Waals surface area contributed by atoms with Gasteiger partial charge in [-0.1, -0.05) is 0 Å². The van der Waals surface area contributed by atoms with E-state index in [4.69, 9.17) is 10.5 Å². The standard InChI is InChI=1S/C10H3F3N4O2/c11-6-1-7(16-4-5(2-14)3-15)10(17(18)19)9(13)8(6)12/h1,4,16H. The first-order chi connectivity index (χ1) is 8.92. The summed E-state index contributed by atoms with van der Waals surface area (Å²) >= 11 is 0. The van der Waals surface area contributed by atoms with E-state index in [1.54, 1.807) is 0 Å². The predicted molar refractivity (Wildman–Crippen MR) is 55.9 cm³/mol. The molecule has 9 heteroatoms. The molecule has 0 aliphatic carbocycles. The first kappa shape index (κ1) is 14.0. The van der Waals surface area contributed by atoms with Crippen molar-refractivity contribution in [1.29, 1.82) is 10.5 Å². The van der Waals surface area contributed by atoms with Crippen LogP contribution in [0.4, 0.5) is 24.5 Å². The molecule has 1 aromatic rings. The van der Waals surface area contributed by atoms with Crippen molar-refractivity contribution >= 4 is 11.4 Å². The highest BCUT2D eigenvalue weighted by Crippen LogP contribution is 2.31. The van der Waals surface area contributed by atoms with Gasteiger partial charge in [0.1, 0.15) is 23.4 Å². The average molecular weight is 268 g/mol. The van der Waals surface area contributed by atoms with E-state index in [0.29, 0.717) is 12.3 Å². The molecule has 6 nitrogen and oxygen atoms in total. The highest BCUT2D eigenvalue weighted by molar-refractivity contribution is 5.64. The smallest absolute Gasteiger partial charge is 0.331 e. The molecule has 1 N–H and O–H groups in total. The fourth-order valence-electron chi connectivity index (χ4n) is 1.11. The van der Waals surface area contributed by atoms with Gasteiger partial charge >= 0.3 is 5.69 Å². The summed E-state index contributed by atoms with van der Waals surface area (Å²) in [6, 6.07) is 3.18. The van der Waals surface area contributed by atoms with Crippen LogP contribution in [0.15, 0.2) is 17.8 Å². The molecule has 0 spiro atoms. The van der Waals surface area contributed by atoms with E-state index in [2.05, 4.69) is 0 Å². The Hall–Kier alpha value is -3.07. The maximum absolute atomic E-state index is 13.2. The maximum atomic E-state index is 13.2. The second kappa shape index (κ2) is 5.51. The van der Waals surface area contributed by atoms with E-state index in [9.17, 15) is 23.3 Å². The Morgan fingerprint density at radius 3 is 2.37 bits per heavy atom. The van der Waals surface area contributed by atoms with Crippen molar-refractivity contribution in [2.24, 2.45) is 0 Å². The SMILES string of the molecule is N#CC(C#N)=CNc1cc(F)c(F)c(F)c1[N+](=O)[O-]. The molecule has 0 amide bonds. The van der Waals surface area contributed by atoms with Crippen LogP contribution in [-0.4, -0.2) is 4.92 Å². The molecule has 0 radical (unpaired) electrons. The molecule has 0 fully saturated rings. The van der Waals surface area contributed by atoms with Crippen LogP contribution < -0.4 is 5.32 Å². The number of allylic oxidation sites excluding steroid dienone is 1. The van der Waals surface area contributed by atoms with Gasteiger partial charge in [0.05, 0.1) is 4.92 Å². The number of halogens is 3. The molecular weight excluding hydrogens is 265 g/mol. The van der Waals surface area contributed by atoms with Crippen molar-refractivity contribution in [3.63, 3.8) is 0 Å². The Balaban J connectivity index is 3.37. The van der Waals surface area contributed by atoms with Gasteiger partial charge in [0.2, 0.25) is 11.6 Å². The Morgan fingerprint density at radius 1 is 1.32 bits per heavy atom. The molecule has 0 unspecified atom stereocenters. The molecule has 1 aromatic carbocycles. The zero-order valence-corrected chi connectivity index (χ0v) is 8.95. The Morgan fingerprint density at radius 2 is 1.89 bits per heavy atom. The summed E-state index contributed by atoms with van der Waals surface area (Å²) in [4.78, 5) is 9.32. The van der Waals surface area contributed by atoms with Gasteiger partial charge in [0.25, 0.3) is 0 Å². The van der Waals surface area contributed by atoms with E-state index in [-0.39, 0.29) is 0 Å². The van der Waals surface area contributed by atoms with Crippen LogP contribution in [0.2, 0.25) is 0 Å². The second-order valence-corrected chi connectivity index (χ2v) is 3.07. The second-order valence-electron chi connectivity index (χ2n) is 3.07. The minimum atomic E-state index is -1.98. The molecule has 0 aliphatic heterocycles. The van der Waals surface area contributed by atoms with E-state index < -0.39 is 39.3 Å². The molecule has 0 aromatic heterocycles. The molecule has 0 aliphatic rings. The number of nitro benzene ring substituents is 1. The van der Waals surface area contributed by atoms with Gasteiger partial charge in [-0.15, -0.1) is 0 Å². The number of nitrogens with zero attached hydrogens (tertiary/aromatic N) is 3. The van der Waals surface area contributed by atoms with Crippen LogP contribution in [0.25, 0.3) is 0 Å². The number of nitriles is 2. The molecule has 0 heterocycles. The van der Waals surface area contributed by atoms with Gasteiger partial charge in [-0.25, -0.2) is 8.78 Å². The third-order valence-corrected chi connectivity index (χ3v) is 1.93. The van der Waals surface area contributed by atoms with Crippen LogP contribution in [-0.2, 0) is 0 Å². The highest BCUT2D eigenvalue weighted by Gasteiger charge is 2.27. The number of hydrogen-bond acceptors (Lipinski definition) is 5. The number of benzene rings is 1. The fraction of sp³-hybridized carbons (Fsp3) is 0. The summed E-state index contributed by atoms with van der Waals surface area (Å²) in [5.74, 6) is -5.60. The normalized spacial score (nSPS) is 9.11. The number of nitro groups is 1. The maximum Gasteiger partial charge on any atom is 0.331 e. The number of rotatable bonds is 3. The summed E-state index contributed by atoms with van der Waals surface area (Å²) < 4.78 is 39.0. The lowest BCUT2D eigenvalue weighted by Crippen LogP contribution is -2.04. The Bertz CT molecular complexity index is 642.